The molecule has 0 bridgehead atoms. The summed E-state index contributed by atoms with van der Waals surface area (Å²) in [6, 6.07) is 76.2. The number of rotatable bonds is 5. The number of aromatic nitrogens is 3. The molecule has 0 saturated carbocycles. The number of anilines is 3. The zero-order valence-corrected chi connectivity index (χ0v) is 37.9. The van der Waals surface area contributed by atoms with Gasteiger partial charge in [0.2, 0.25) is 0 Å². The molecular weight excluding hydrogens is 813 g/mol. The van der Waals surface area contributed by atoms with Crippen molar-refractivity contribution in [3.8, 4) is 39.1 Å². The number of para-hydroxylation sites is 2. The van der Waals surface area contributed by atoms with Crippen LogP contribution in [0.15, 0.2) is 206 Å². The van der Waals surface area contributed by atoms with Gasteiger partial charge < -0.3 is 4.90 Å². The molecule has 0 atom stereocenters. The van der Waals surface area contributed by atoms with Gasteiger partial charge in [-0.1, -0.05) is 173 Å². The van der Waals surface area contributed by atoms with Crippen LogP contribution >= 0.6 is 0 Å². The maximum atomic E-state index is 5.55. The largest absolute Gasteiger partial charge is 0.310 e. The number of imidazole rings is 1. The molecule has 4 nitrogen and oxygen atoms in total. The smallest absolute Gasteiger partial charge is 0.151 e. The van der Waals surface area contributed by atoms with Crippen LogP contribution in [0.25, 0.3) is 88.5 Å². The molecule has 0 saturated heterocycles. The van der Waals surface area contributed by atoms with Gasteiger partial charge in [0.1, 0.15) is 11.2 Å². The van der Waals surface area contributed by atoms with E-state index in [9.17, 15) is 0 Å². The van der Waals surface area contributed by atoms with Crippen molar-refractivity contribution in [1.82, 2.24) is 14.0 Å². The van der Waals surface area contributed by atoms with E-state index >= 15 is 0 Å². The van der Waals surface area contributed by atoms with Crippen molar-refractivity contribution in [2.75, 3.05) is 4.90 Å². The van der Waals surface area contributed by atoms with Crippen LogP contribution in [0.5, 0.6) is 0 Å². The molecule has 318 valence electrons. The topological polar surface area (TPSA) is 25.5 Å². The Morgan fingerprint density at radius 2 is 1.03 bits per heavy atom. The minimum atomic E-state index is -0.130. The van der Waals surface area contributed by atoms with Crippen molar-refractivity contribution < 1.29 is 0 Å². The molecule has 14 rings (SSSR count). The van der Waals surface area contributed by atoms with Gasteiger partial charge in [0.25, 0.3) is 0 Å². The standard InChI is InChI=1S/C63H46N4/c1-62(2)52-25-14-11-23-49(52)58-53(62)26-16-28-57(58)65(43-34-35-46-45-20-10-13-24-51(45)63(3,4)54(46)38-43)42-32-29-39(30-33-42)40-31-36-56-50(37-40)59-61(66(56)41-17-6-5-7-18-41)67-55-27-15-12-21-47(55)44-19-8-9-22-48(44)60(67)64-59/h5-38H,1-4H3. The van der Waals surface area contributed by atoms with E-state index in [1.807, 2.05) is 0 Å². The molecule has 0 radical (unpaired) electrons. The van der Waals surface area contributed by atoms with Crippen LogP contribution in [0, 0.1) is 0 Å². The molecule has 3 heterocycles. The molecule has 0 amide bonds. The second kappa shape index (κ2) is 13.7. The van der Waals surface area contributed by atoms with Gasteiger partial charge in [0.05, 0.1) is 16.7 Å². The van der Waals surface area contributed by atoms with Crippen LogP contribution in [0.3, 0.4) is 0 Å². The zero-order chi connectivity index (χ0) is 44.8. The summed E-state index contributed by atoms with van der Waals surface area (Å²) < 4.78 is 4.77. The number of nitrogens with zero attached hydrogens (tertiary/aromatic N) is 4. The van der Waals surface area contributed by atoms with Crippen molar-refractivity contribution in [3.05, 3.63) is 229 Å². The van der Waals surface area contributed by atoms with Gasteiger partial charge in [0, 0.05) is 49.6 Å². The van der Waals surface area contributed by atoms with Crippen molar-refractivity contribution in [3.63, 3.8) is 0 Å². The SMILES string of the molecule is CC1(C)c2ccccc2-c2ccc(N(c3ccc(-c4ccc5c(c4)c4nc6c7ccccc7c7ccccc7n6c4n5-c4ccccc4)cc3)c3cccc4c3-c3ccccc3C4(C)C)cc21. The molecule has 2 aliphatic rings. The first kappa shape index (κ1) is 38.1. The van der Waals surface area contributed by atoms with Crippen molar-refractivity contribution in [1.29, 1.82) is 0 Å². The van der Waals surface area contributed by atoms with Gasteiger partial charge in [-0.2, -0.15) is 0 Å². The number of hydrogen-bond acceptors (Lipinski definition) is 2. The summed E-state index contributed by atoms with van der Waals surface area (Å²) in [5, 5.41) is 4.70. The number of pyridine rings is 1. The predicted molar refractivity (Wildman–Crippen MR) is 280 cm³/mol. The molecule has 4 heteroatoms. The predicted octanol–water partition coefficient (Wildman–Crippen LogP) is 16.5. The first-order valence-corrected chi connectivity index (χ1v) is 23.5. The number of benzene rings is 9. The Balaban J connectivity index is 0.960. The zero-order valence-electron chi connectivity index (χ0n) is 37.9. The van der Waals surface area contributed by atoms with E-state index in [4.69, 9.17) is 4.98 Å². The van der Waals surface area contributed by atoms with E-state index < -0.39 is 0 Å². The molecule has 0 unspecified atom stereocenters. The lowest BCUT2D eigenvalue weighted by Crippen LogP contribution is -2.17. The van der Waals surface area contributed by atoms with Gasteiger partial charge in [-0.15, -0.1) is 0 Å². The molecule has 0 N–H and O–H groups in total. The normalized spacial score (nSPS) is 14.2. The summed E-state index contributed by atoms with van der Waals surface area (Å²) in [6.45, 7) is 9.47. The highest BCUT2D eigenvalue weighted by molar-refractivity contribution is 6.17. The Labute approximate surface area is 389 Å². The summed E-state index contributed by atoms with van der Waals surface area (Å²) in [5.74, 6) is 0. The average Bonchev–Trinajstić information content (AvgIpc) is 4.05. The molecule has 2 aliphatic carbocycles. The number of fused-ring (bicyclic) bond motifs is 16. The van der Waals surface area contributed by atoms with Gasteiger partial charge >= 0.3 is 0 Å². The van der Waals surface area contributed by atoms with Crippen molar-refractivity contribution in [2.45, 2.75) is 38.5 Å². The van der Waals surface area contributed by atoms with E-state index in [1.165, 1.54) is 61.0 Å². The molecule has 9 aromatic carbocycles. The lowest BCUT2D eigenvalue weighted by Gasteiger charge is -2.30. The highest BCUT2D eigenvalue weighted by atomic mass is 15.2. The first-order chi connectivity index (χ1) is 32.8. The lowest BCUT2D eigenvalue weighted by atomic mass is 9.82. The van der Waals surface area contributed by atoms with Gasteiger partial charge in [-0.3, -0.25) is 8.97 Å². The highest BCUT2D eigenvalue weighted by Crippen LogP contribution is 2.56. The maximum absolute atomic E-state index is 5.55. The fraction of sp³-hybridized carbons (Fsp3) is 0.0952. The van der Waals surface area contributed by atoms with E-state index in [0.29, 0.717) is 0 Å². The highest BCUT2D eigenvalue weighted by Gasteiger charge is 2.39. The Morgan fingerprint density at radius 1 is 0.418 bits per heavy atom. The van der Waals surface area contributed by atoms with Crippen LogP contribution in [0.2, 0.25) is 0 Å². The van der Waals surface area contributed by atoms with Crippen LogP contribution < -0.4 is 4.90 Å². The fourth-order valence-electron chi connectivity index (χ4n) is 12.1. The third kappa shape index (κ3) is 5.21. The molecule has 0 aliphatic heterocycles. The van der Waals surface area contributed by atoms with Crippen molar-refractivity contribution in [2.24, 2.45) is 0 Å². The quantitative estimate of drug-likeness (QED) is 0.161. The van der Waals surface area contributed by atoms with Gasteiger partial charge in [0.15, 0.2) is 5.65 Å². The monoisotopic (exact) mass is 858 g/mol. The van der Waals surface area contributed by atoms with E-state index in [1.54, 1.807) is 0 Å². The van der Waals surface area contributed by atoms with Crippen LogP contribution in [0.4, 0.5) is 17.1 Å². The number of hydrogen-bond donors (Lipinski definition) is 0. The minimum absolute atomic E-state index is 0.121. The average molecular weight is 859 g/mol. The molecule has 0 spiro atoms. The van der Waals surface area contributed by atoms with Gasteiger partial charge in [-0.25, -0.2) is 4.98 Å². The Bertz CT molecular complexity index is 4030. The Kier molecular flexibility index (Phi) is 7.77. The van der Waals surface area contributed by atoms with Crippen LogP contribution in [-0.2, 0) is 10.8 Å². The summed E-state index contributed by atoms with van der Waals surface area (Å²) in [4.78, 5) is 8.04. The van der Waals surface area contributed by atoms with E-state index in [0.717, 1.165) is 66.8 Å². The third-order valence-corrected chi connectivity index (χ3v) is 15.3. The van der Waals surface area contributed by atoms with Gasteiger partial charge in [-0.05, 0) is 116 Å². The van der Waals surface area contributed by atoms with Crippen molar-refractivity contribution >= 4 is 66.5 Å². The molecule has 0 fully saturated rings. The Morgan fingerprint density at radius 3 is 1.84 bits per heavy atom. The van der Waals surface area contributed by atoms with E-state index in [-0.39, 0.29) is 10.8 Å². The maximum Gasteiger partial charge on any atom is 0.151 e. The third-order valence-electron chi connectivity index (χ3n) is 15.3. The summed E-state index contributed by atoms with van der Waals surface area (Å²) in [5.41, 5.74) is 22.7. The van der Waals surface area contributed by atoms with E-state index in [2.05, 4.69) is 248 Å². The molecule has 67 heavy (non-hydrogen) atoms. The Hall–Kier alpha value is -8.21. The summed E-state index contributed by atoms with van der Waals surface area (Å²) >= 11 is 0. The molecule has 12 aromatic rings. The lowest BCUT2D eigenvalue weighted by molar-refractivity contribution is 0.660. The molecule has 3 aromatic heterocycles. The summed E-state index contributed by atoms with van der Waals surface area (Å²) in [6.07, 6.45) is 0. The molecular formula is C63H46N4. The van der Waals surface area contributed by atoms with Crippen LogP contribution in [-0.4, -0.2) is 14.0 Å². The summed E-state index contributed by atoms with van der Waals surface area (Å²) in [7, 11) is 0. The second-order valence-electron chi connectivity index (χ2n) is 19.6. The fourth-order valence-corrected chi connectivity index (χ4v) is 12.1. The minimum Gasteiger partial charge on any atom is -0.310 e. The van der Waals surface area contributed by atoms with Crippen LogP contribution in [0.1, 0.15) is 49.9 Å². The first-order valence-electron chi connectivity index (χ1n) is 23.5. The second-order valence-corrected chi connectivity index (χ2v) is 19.6.